The highest BCUT2D eigenvalue weighted by molar-refractivity contribution is 6.42. The molecule has 1 fully saturated rings. The lowest BCUT2D eigenvalue weighted by molar-refractivity contribution is -0.161. The van der Waals surface area contributed by atoms with Crippen molar-refractivity contribution in [1.29, 1.82) is 0 Å². The summed E-state index contributed by atoms with van der Waals surface area (Å²) in [6.45, 7) is 5.48. The Morgan fingerprint density at radius 2 is 1.64 bits per heavy atom. The maximum atomic E-state index is 15.1. The minimum absolute atomic E-state index is 0.00572. The average molecular weight is 656 g/mol. The number of ether oxygens (including phenoxy) is 1. The molecule has 0 spiro atoms. The van der Waals surface area contributed by atoms with Crippen molar-refractivity contribution in [1.82, 2.24) is 20.9 Å². The zero-order chi connectivity index (χ0) is 32.3. The Morgan fingerprint density at radius 3 is 2.27 bits per heavy atom. The molecular weight excluding hydrogens is 617 g/mol. The number of aryl methyl sites for hydroxylation is 1. The van der Waals surface area contributed by atoms with Crippen molar-refractivity contribution < 1.29 is 32.7 Å². The Bertz CT molecular complexity index is 1290. The molecule has 1 heterocycles. The average Bonchev–Trinajstić information content (AvgIpc) is 3.00. The fourth-order valence-corrected chi connectivity index (χ4v) is 4.96. The van der Waals surface area contributed by atoms with Crippen LogP contribution in [0.4, 0.5) is 8.78 Å². The topological polar surface area (TPSA) is 117 Å². The largest absolute Gasteiger partial charge is 0.383 e. The summed E-state index contributed by atoms with van der Waals surface area (Å²) in [7, 11) is 0. The molecule has 3 amide bonds. The van der Waals surface area contributed by atoms with Crippen LogP contribution in [-0.4, -0.2) is 85.8 Å². The van der Waals surface area contributed by atoms with Crippen molar-refractivity contribution >= 4 is 46.7 Å². The van der Waals surface area contributed by atoms with E-state index in [-0.39, 0.29) is 19.4 Å². The first-order chi connectivity index (χ1) is 20.9. The Hall–Kier alpha value is -3.12. The van der Waals surface area contributed by atoms with Gasteiger partial charge >= 0.3 is 5.92 Å². The number of morpholine rings is 1. The van der Waals surface area contributed by atoms with Crippen molar-refractivity contribution in [2.75, 3.05) is 39.4 Å². The van der Waals surface area contributed by atoms with Crippen molar-refractivity contribution in [2.24, 2.45) is 5.92 Å². The normalized spacial score (nSPS) is 15.3. The van der Waals surface area contributed by atoms with Crippen LogP contribution in [-0.2, 0) is 36.8 Å². The van der Waals surface area contributed by atoms with E-state index in [0.29, 0.717) is 54.9 Å². The number of carbonyl (C=O) groups is 4. The molecule has 0 aliphatic carbocycles. The number of amides is 3. The van der Waals surface area contributed by atoms with Crippen LogP contribution >= 0.6 is 23.2 Å². The summed E-state index contributed by atoms with van der Waals surface area (Å²) in [5.41, 5.74) is 1.46. The number of halogens is 4. The van der Waals surface area contributed by atoms with Gasteiger partial charge in [0.25, 0.3) is 5.91 Å². The van der Waals surface area contributed by atoms with Gasteiger partial charge in [-0.3, -0.25) is 24.1 Å². The van der Waals surface area contributed by atoms with Gasteiger partial charge in [0.05, 0.1) is 29.3 Å². The quantitative estimate of drug-likeness (QED) is 0.253. The summed E-state index contributed by atoms with van der Waals surface area (Å²) in [5, 5.41) is 7.91. The zero-order valence-corrected chi connectivity index (χ0v) is 26.2. The number of ketones is 1. The molecule has 0 unspecified atom stereocenters. The lowest BCUT2D eigenvalue weighted by Crippen LogP contribution is -2.59. The molecule has 0 radical (unpaired) electrons. The van der Waals surface area contributed by atoms with Crippen LogP contribution in [0.25, 0.3) is 0 Å². The smallest absolute Gasteiger partial charge is 0.379 e. The first kappa shape index (κ1) is 35.4. The molecule has 2 aromatic carbocycles. The van der Waals surface area contributed by atoms with Crippen molar-refractivity contribution in [3.8, 4) is 0 Å². The zero-order valence-electron chi connectivity index (χ0n) is 24.7. The second-order valence-corrected chi connectivity index (χ2v) is 11.8. The molecule has 0 aromatic heterocycles. The van der Waals surface area contributed by atoms with Gasteiger partial charge in [0.1, 0.15) is 6.04 Å². The fourth-order valence-electron chi connectivity index (χ4n) is 4.64. The van der Waals surface area contributed by atoms with Crippen LogP contribution in [0, 0.1) is 5.92 Å². The number of hydrogen-bond acceptors (Lipinski definition) is 6. The number of rotatable bonds is 15. The molecule has 240 valence electrons. The Morgan fingerprint density at radius 1 is 0.955 bits per heavy atom. The molecule has 2 aromatic rings. The van der Waals surface area contributed by atoms with Gasteiger partial charge in [0, 0.05) is 39.0 Å². The Kier molecular flexibility index (Phi) is 13.5. The monoisotopic (exact) mass is 654 g/mol. The van der Waals surface area contributed by atoms with Gasteiger partial charge in [0.2, 0.25) is 17.6 Å². The van der Waals surface area contributed by atoms with Crippen LogP contribution in [0.15, 0.2) is 48.5 Å². The van der Waals surface area contributed by atoms with Crippen molar-refractivity contribution in [3.05, 3.63) is 69.7 Å². The highest BCUT2D eigenvalue weighted by Gasteiger charge is 2.51. The number of carbonyl (C=O) groups excluding carboxylic acids is 4. The predicted octanol–water partition coefficient (Wildman–Crippen LogP) is 3.45. The third kappa shape index (κ3) is 10.5. The van der Waals surface area contributed by atoms with E-state index in [1.54, 1.807) is 48.5 Å². The maximum Gasteiger partial charge on any atom is 0.383 e. The lowest BCUT2D eigenvalue weighted by Gasteiger charge is -2.28. The summed E-state index contributed by atoms with van der Waals surface area (Å²) in [5.74, 6) is -9.91. The molecule has 0 bridgehead atoms. The number of benzene rings is 2. The van der Waals surface area contributed by atoms with E-state index in [0.717, 1.165) is 5.56 Å². The van der Waals surface area contributed by atoms with E-state index in [1.165, 1.54) is 13.8 Å². The Labute approximate surface area is 266 Å². The molecule has 44 heavy (non-hydrogen) atoms. The number of hydrogen-bond donors (Lipinski definition) is 3. The molecular formula is C31H38Cl2F2N4O5. The summed E-state index contributed by atoms with van der Waals surface area (Å²) in [6.07, 6.45) is 0.358. The first-order valence-electron chi connectivity index (χ1n) is 14.5. The minimum atomic E-state index is -4.38. The molecule has 1 aliphatic rings. The van der Waals surface area contributed by atoms with Crippen LogP contribution in [0.1, 0.15) is 31.4 Å². The van der Waals surface area contributed by atoms with E-state index in [9.17, 15) is 19.2 Å². The summed E-state index contributed by atoms with van der Waals surface area (Å²) < 4.78 is 35.4. The highest BCUT2D eigenvalue weighted by atomic mass is 35.5. The van der Waals surface area contributed by atoms with Gasteiger partial charge < -0.3 is 20.7 Å². The molecule has 0 saturated carbocycles. The van der Waals surface area contributed by atoms with E-state index in [1.807, 2.05) is 4.90 Å². The third-order valence-electron chi connectivity index (χ3n) is 7.22. The Balaban J connectivity index is 1.66. The van der Waals surface area contributed by atoms with Gasteiger partial charge in [-0.05, 0) is 35.6 Å². The lowest BCUT2D eigenvalue weighted by atomic mass is 9.94. The maximum absolute atomic E-state index is 15.1. The van der Waals surface area contributed by atoms with E-state index in [4.69, 9.17) is 27.9 Å². The summed E-state index contributed by atoms with van der Waals surface area (Å²) in [4.78, 5) is 53.7. The van der Waals surface area contributed by atoms with Crippen LogP contribution < -0.4 is 16.0 Å². The molecule has 1 aliphatic heterocycles. The van der Waals surface area contributed by atoms with Crippen molar-refractivity contribution in [2.45, 2.75) is 51.1 Å². The number of nitrogens with one attached hydrogen (secondary N) is 3. The van der Waals surface area contributed by atoms with Gasteiger partial charge in [-0.1, -0.05) is 73.4 Å². The van der Waals surface area contributed by atoms with Gasteiger partial charge in [0.15, 0.2) is 0 Å². The molecule has 1 saturated heterocycles. The first-order valence-corrected chi connectivity index (χ1v) is 15.2. The number of alkyl halides is 2. The van der Waals surface area contributed by atoms with E-state index >= 15 is 8.78 Å². The van der Waals surface area contributed by atoms with Crippen LogP contribution in [0.3, 0.4) is 0 Å². The molecule has 13 heteroatoms. The highest BCUT2D eigenvalue weighted by Crippen LogP contribution is 2.23. The predicted molar refractivity (Wildman–Crippen MR) is 164 cm³/mol. The minimum Gasteiger partial charge on any atom is -0.379 e. The SMILES string of the molecule is CC(C)[C@H](NC(=O)[C@H](Cc1ccccc1)NC(=O)CCc1ccc(Cl)c(Cl)c1)C(=O)C(F)(F)C(=O)NCCN1CCOCC1. The van der Waals surface area contributed by atoms with Gasteiger partial charge in [-0.25, -0.2) is 0 Å². The van der Waals surface area contributed by atoms with E-state index < -0.39 is 47.4 Å². The summed E-state index contributed by atoms with van der Waals surface area (Å²) >= 11 is 12.0. The molecule has 3 N–H and O–H groups in total. The molecule has 9 nitrogen and oxygen atoms in total. The molecule has 2 atom stereocenters. The van der Waals surface area contributed by atoms with Gasteiger partial charge in [-0.15, -0.1) is 0 Å². The van der Waals surface area contributed by atoms with Crippen LogP contribution in [0.5, 0.6) is 0 Å². The van der Waals surface area contributed by atoms with Gasteiger partial charge in [-0.2, -0.15) is 8.78 Å². The number of Topliss-reactive ketones (excluding diaryl/α,β-unsaturated/α-hetero) is 1. The van der Waals surface area contributed by atoms with Crippen molar-refractivity contribution in [3.63, 3.8) is 0 Å². The second kappa shape index (κ2) is 16.8. The van der Waals surface area contributed by atoms with Crippen LogP contribution in [0.2, 0.25) is 10.0 Å². The molecule has 3 rings (SSSR count). The second-order valence-electron chi connectivity index (χ2n) is 10.9. The fraction of sp³-hybridized carbons (Fsp3) is 0.484. The standard InChI is InChI=1S/C31H38Cl2F2N4O5/c1-20(2)27(28(41)31(34,35)30(43)36-12-13-39-14-16-44-17-15-39)38-29(42)25(19-21-6-4-3-5-7-21)37-26(40)11-9-22-8-10-23(32)24(33)18-22/h3-8,10,18,20,25,27H,9,11-17,19H2,1-2H3,(H,36,43)(H,37,40)(H,38,42)/t25-,27-/m0/s1. The third-order valence-corrected chi connectivity index (χ3v) is 7.96. The number of nitrogens with zero attached hydrogens (tertiary/aromatic N) is 1. The summed E-state index contributed by atoms with van der Waals surface area (Å²) in [6, 6.07) is 10.9. The van der Waals surface area contributed by atoms with E-state index in [2.05, 4.69) is 16.0 Å².